The van der Waals surface area contributed by atoms with Crippen LogP contribution >= 0.6 is 27.3 Å². The molecule has 1 aromatic carbocycles. The van der Waals surface area contributed by atoms with Crippen molar-refractivity contribution in [3.05, 3.63) is 50.1 Å². The zero-order valence-corrected chi connectivity index (χ0v) is 15.0. The second-order valence-electron chi connectivity index (χ2n) is 5.12. The normalized spacial score (nSPS) is 10.8. The van der Waals surface area contributed by atoms with Crippen LogP contribution in [-0.4, -0.2) is 13.2 Å². The molecule has 0 saturated heterocycles. The van der Waals surface area contributed by atoms with Gasteiger partial charge in [0.1, 0.15) is 5.75 Å². The third kappa shape index (κ3) is 5.13. The van der Waals surface area contributed by atoms with Gasteiger partial charge in [0.15, 0.2) is 0 Å². The van der Waals surface area contributed by atoms with Gasteiger partial charge < -0.3 is 10.1 Å². The Morgan fingerprint density at radius 3 is 2.90 bits per heavy atom. The van der Waals surface area contributed by atoms with Gasteiger partial charge in [-0.2, -0.15) is 11.3 Å². The van der Waals surface area contributed by atoms with Crippen LogP contribution in [0, 0.1) is 6.92 Å². The largest absolute Gasteiger partial charge is 0.493 e. The van der Waals surface area contributed by atoms with Crippen molar-refractivity contribution in [1.29, 1.82) is 0 Å². The molecule has 21 heavy (non-hydrogen) atoms. The third-order valence-corrected chi connectivity index (χ3v) is 4.47. The molecule has 0 fully saturated rings. The van der Waals surface area contributed by atoms with Crippen LogP contribution in [-0.2, 0) is 13.0 Å². The lowest BCUT2D eigenvalue weighted by Crippen LogP contribution is -2.15. The Labute approximate surface area is 139 Å². The maximum atomic E-state index is 6.07. The first-order chi connectivity index (χ1) is 10.2. The lowest BCUT2D eigenvalue weighted by atomic mass is 10.1. The molecule has 0 spiro atoms. The Hall–Kier alpha value is -0.840. The number of ether oxygens (including phenoxy) is 1. The highest BCUT2D eigenvalue weighted by Gasteiger charge is 2.09. The summed E-state index contributed by atoms with van der Waals surface area (Å²) in [5, 5.41) is 7.74. The van der Waals surface area contributed by atoms with Crippen molar-refractivity contribution in [3.8, 4) is 5.75 Å². The molecule has 0 aliphatic heterocycles. The number of halogens is 1. The van der Waals surface area contributed by atoms with Gasteiger partial charge in [-0.1, -0.05) is 22.9 Å². The molecule has 0 atom stereocenters. The summed E-state index contributed by atoms with van der Waals surface area (Å²) in [7, 11) is 0. The zero-order valence-electron chi connectivity index (χ0n) is 12.6. The van der Waals surface area contributed by atoms with Crippen LogP contribution in [0.2, 0.25) is 0 Å². The number of thiophene rings is 1. The zero-order chi connectivity index (χ0) is 15.1. The smallest absolute Gasteiger partial charge is 0.126 e. The van der Waals surface area contributed by atoms with E-state index in [1.165, 1.54) is 16.7 Å². The first-order valence-electron chi connectivity index (χ1n) is 7.34. The maximum absolute atomic E-state index is 6.07. The van der Waals surface area contributed by atoms with E-state index in [9.17, 15) is 0 Å². The molecule has 1 aromatic heterocycles. The number of benzene rings is 1. The molecule has 0 bridgehead atoms. The lowest BCUT2D eigenvalue weighted by Gasteiger charge is -2.15. The highest BCUT2D eigenvalue weighted by molar-refractivity contribution is 9.10. The maximum Gasteiger partial charge on any atom is 0.126 e. The van der Waals surface area contributed by atoms with Gasteiger partial charge in [-0.05, 0) is 60.0 Å². The molecule has 2 nitrogen and oxygen atoms in total. The number of nitrogens with one attached hydrogen (secondary N) is 1. The second-order valence-corrected chi connectivity index (χ2v) is 6.81. The first-order valence-corrected chi connectivity index (χ1v) is 9.08. The monoisotopic (exact) mass is 367 g/mol. The van der Waals surface area contributed by atoms with E-state index in [4.69, 9.17) is 4.74 Å². The average Bonchev–Trinajstić information content (AvgIpc) is 2.95. The van der Waals surface area contributed by atoms with Gasteiger partial charge in [0.05, 0.1) is 6.61 Å². The molecule has 0 amide bonds. The summed E-state index contributed by atoms with van der Waals surface area (Å²) in [4.78, 5) is 0. The van der Waals surface area contributed by atoms with E-state index in [1.807, 2.05) is 0 Å². The van der Waals surface area contributed by atoms with Crippen LogP contribution in [0.15, 0.2) is 33.4 Å². The van der Waals surface area contributed by atoms with E-state index in [0.29, 0.717) is 0 Å². The van der Waals surface area contributed by atoms with Crippen molar-refractivity contribution >= 4 is 27.3 Å². The van der Waals surface area contributed by atoms with Crippen molar-refractivity contribution in [2.24, 2.45) is 0 Å². The van der Waals surface area contributed by atoms with Crippen molar-refractivity contribution in [3.63, 3.8) is 0 Å². The first kappa shape index (κ1) is 16.5. The van der Waals surface area contributed by atoms with Crippen molar-refractivity contribution in [1.82, 2.24) is 5.32 Å². The predicted molar refractivity (Wildman–Crippen MR) is 94.4 cm³/mol. The van der Waals surface area contributed by atoms with E-state index in [2.05, 4.69) is 64.1 Å². The van der Waals surface area contributed by atoms with E-state index in [1.54, 1.807) is 11.3 Å². The van der Waals surface area contributed by atoms with Crippen molar-refractivity contribution in [2.75, 3.05) is 13.2 Å². The Kier molecular flexibility index (Phi) is 6.74. The summed E-state index contributed by atoms with van der Waals surface area (Å²) in [6.07, 6.45) is 2.10. The minimum Gasteiger partial charge on any atom is -0.493 e. The summed E-state index contributed by atoms with van der Waals surface area (Å²) >= 11 is 5.31. The molecule has 0 aliphatic carbocycles. The number of hydrogen-bond acceptors (Lipinski definition) is 3. The molecule has 0 aliphatic rings. The molecule has 2 aromatic rings. The van der Waals surface area contributed by atoms with E-state index < -0.39 is 0 Å². The Morgan fingerprint density at radius 1 is 1.33 bits per heavy atom. The van der Waals surface area contributed by atoms with Crippen molar-refractivity contribution < 1.29 is 4.74 Å². The minimum absolute atomic E-state index is 0.722. The number of rotatable bonds is 8. The van der Waals surface area contributed by atoms with Crippen LogP contribution in [0.5, 0.6) is 5.75 Å². The fraction of sp³-hybridized carbons (Fsp3) is 0.412. The minimum atomic E-state index is 0.722. The Morgan fingerprint density at radius 2 is 2.19 bits per heavy atom. The Balaban J connectivity index is 2.01. The average molecular weight is 368 g/mol. The van der Waals surface area contributed by atoms with Gasteiger partial charge in [0.2, 0.25) is 0 Å². The van der Waals surface area contributed by atoms with Crippen LogP contribution in [0.25, 0.3) is 0 Å². The van der Waals surface area contributed by atoms with Crippen LogP contribution in [0.4, 0.5) is 0 Å². The fourth-order valence-corrected chi connectivity index (χ4v) is 3.57. The molecule has 1 heterocycles. The lowest BCUT2D eigenvalue weighted by molar-refractivity contribution is 0.315. The number of aryl methyl sites for hydroxylation is 1. The molecule has 114 valence electrons. The van der Waals surface area contributed by atoms with Gasteiger partial charge in [-0.3, -0.25) is 0 Å². The molecule has 0 unspecified atom stereocenters. The molecule has 0 radical (unpaired) electrons. The highest BCUT2D eigenvalue weighted by atomic mass is 79.9. The van der Waals surface area contributed by atoms with Gasteiger partial charge in [0, 0.05) is 23.0 Å². The molecular formula is C17H22BrNOS. The number of hydrogen-bond donors (Lipinski definition) is 1. The van der Waals surface area contributed by atoms with E-state index >= 15 is 0 Å². The van der Waals surface area contributed by atoms with Gasteiger partial charge >= 0.3 is 0 Å². The van der Waals surface area contributed by atoms with Gasteiger partial charge in [-0.15, -0.1) is 0 Å². The van der Waals surface area contributed by atoms with Crippen LogP contribution < -0.4 is 10.1 Å². The quantitative estimate of drug-likeness (QED) is 0.667. The van der Waals surface area contributed by atoms with Gasteiger partial charge in [0.25, 0.3) is 0 Å². The predicted octanol–water partition coefficient (Wildman–Crippen LogP) is 4.94. The van der Waals surface area contributed by atoms with Gasteiger partial charge in [-0.25, -0.2) is 0 Å². The van der Waals surface area contributed by atoms with E-state index in [-0.39, 0.29) is 0 Å². The summed E-state index contributed by atoms with van der Waals surface area (Å²) in [5.41, 5.74) is 3.75. The summed E-state index contributed by atoms with van der Waals surface area (Å²) < 4.78 is 7.18. The van der Waals surface area contributed by atoms with E-state index in [0.717, 1.165) is 42.8 Å². The summed E-state index contributed by atoms with van der Waals surface area (Å²) in [6.45, 7) is 6.88. The van der Waals surface area contributed by atoms with Crippen molar-refractivity contribution in [2.45, 2.75) is 33.2 Å². The standard InChI is InChI=1S/C17H22BrNOS/c1-3-6-19-11-15-10-16(18)9-13(2)17(15)20-7-4-14-5-8-21-12-14/h5,8-10,12,19H,3-4,6-7,11H2,1-2H3. The highest BCUT2D eigenvalue weighted by Crippen LogP contribution is 2.28. The van der Waals surface area contributed by atoms with Crippen LogP contribution in [0.1, 0.15) is 30.0 Å². The summed E-state index contributed by atoms with van der Waals surface area (Å²) in [6, 6.07) is 6.42. The SMILES string of the molecule is CCCNCc1cc(Br)cc(C)c1OCCc1ccsc1. The fourth-order valence-electron chi connectivity index (χ4n) is 2.24. The molecular weight excluding hydrogens is 346 g/mol. The Bertz CT molecular complexity index is 554. The summed E-state index contributed by atoms with van der Waals surface area (Å²) in [5.74, 6) is 1.03. The molecule has 1 N–H and O–H groups in total. The topological polar surface area (TPSA) is 21.3 Å². The molecule has 4 heteroatoms. The second kappa shape index (κ2) is 8.57. The third-order valence-electron chi connectivity index (χ3n) is 3.28. The molecule has 2 rings (SSSR count). The van der Waals surface area contributed by atoms with Crippen LogP contribution in [0.3, 0.4) is 0 Å². The molecule has 0 saturated carbocycles.